The fraction of sp³-hybridized carbons (Fsp3) is 0.125. The lowest BCUT2D eigenvalue weighted by Gasteiger charge is -2.08. The van der Waals surface area contributed by atoms with Crippen molar-refractivity contribution in [2.45, 2.75) is 10.4 Å². The number of carbonyl (C=O) groups excluding carboxylic acids is 2. The number of hydrogen-bond donors (Lipinski definition) is 1. The second-order valence-corrected chi connectivity index (χ2v) is 6.26. The Bertz CT molecular complexity index is 903. The summed E-state index contributed by atoms with van der Waals surface area (Å²) in [5.74, 6) is -2.88. The van der Waals surface area contributed by atoms with Gasteiger partial charge in [0.05, 0.1) is 16.2 Å². The zero-order valence-corrected chi connectivity index (χ0v) is 14.5. The maximum absolute atomic E-state index is 13.6. The Labute approximate surface area is 158 Å². The molecule has 0 aliphatic heterocycles. The molecule has 0 atom stereocenters. The Kier molecular flexibility index (Phi) is 6.57. The lowest BCUT2D eigenvalue weighted by Crippen LogP contribution is -2.21. The number of esters is 1. The number of benzene rings is 2. The van der Waals surface area contributed by atoms with Crippen molar-refractivity contribution in [3.05, 3.63) is 64.0 Å². The van der Waals surface area contributed by atoms with Gasteiger partial charge in [0.2, 0.25) is 0 Å². The zero-order chi connectivity index (χ0) is 20.9. The van der Waals surface area contributed by atoms with Gasteiger partial charge in [0, 0.05) is 17.0 Å². The number of anilines is 1. The average Bonchev–Trinajstić information content (AvgIpc) is 2.60. The van der Waals surface area contributed by atoms with Crippen LogP contribution in [0, 0.1) is 15.9 Å². The maximum atomic E-state index is 13.6. The molecule has 0 radical (unpaired) electrons. The van der Waals surface area contributed by atoms with Crippen LogP contribution in [0.15, 0.2) is 47.4 Å². The van der Waals surface area contributed by atoms with Crippen LogP contribution in [0.5, 0.6) is 0 Å². The molecule has 0 aliphatic carbocycles. The molecule has 12 heteroatoms. The SMILES string of the molecule is O=C(COC(=O)c1ccc(SC(F)(F)F)cc1)Nc1cc([N+](=O)[O-])ccc1F. The summed E-state index contributed by atoms with van der Waals surface area (Å²) in [5.41, 5.74) is -5.49. The summed E-state index contributed by atoms with van der Waals surface area (Å²) >= 11 is -0.355. The van der Waals surface area contributed by atoms with Gasteiger partial charge in [-0.15, -0.1) is 0 Å². The highest BCUT2D eigenvalue weighted by Gasteiger charge is 2.29. The molecule has 0 aromatic heterocycles. The second-order valence-electron chi connectivity index (χ2n) is 5.12. The van der Waals surface area contributed by atoms with E-state index in [0.29, 0.717) is 0 Å². The number of ether oxygens (including phenoxy) is 1. The number of non-ortho nitro benzene ring substituents is 1. The fourth-order valence-electron chi connectivity index (χ4n) is 1.92. The standard InChI is InChI=1S/C16H10F4N2O5S/c17-12-6-3-10(22(25)26)7-13(12)21-14(23)8-27-15(24)9-1-4-11(5-2-9)28-16(18,19)20/h1-7H,8H2,(H,21,23). The quantitative estimate of drug-likeness (QED) is 0.249. The molecule has 0 bridgehead atoms. The zero-order valence-electron chi connectivity index (χ0n) is 13.7. The largest absolute Gasteiger partial charge is 0.452 e. The average molecular weight is 418 g/mol. The van der Waals surface area contributed by atoms with Crippen molar-refractivity contribution < 1.29 is 36.8 Å². The summed E-state index contributed by atoms with van der Waals surface area (Å²) in [7, 11) is 0. The number of nitrogens with zero attached hydrogens (tertiary/aromatic N) is 1. The number of nitro groups is 1. The van der Waals surface area contributed by atoms with Crippen LogP contribution in [-0.4, -0.2) is 28.9 Å². The van der Waals surface area contributed by atoms with Gasteiger partial charge in [0.1, 0.15) is 5.82 Å². The van der Waals surface area contributed by atoms with Gasteiger partial charge in [-0.05, 0) is 42.1 Å². The number of nitro benzene ring substituents is 1. The number of halogens is 4. The summed E-state index contributed by atoms with van der Waals surface area (Å²) in [6.45, 7) is -0.833. The molecule has 1 amide bonds. The van der Waals surface area contributed by atoms with E-state index in [0.717, 1.165) is 42.5 Å². The molecule has 2 aromatic carbocycles. The van der Waals surface area contributed by atoms with Crippen molar-refractivity contribution >= 4 is 35.0 Å². The molecular weight excluding hydrogens is 408 g/mol. The Balaban J connectivity index is 1.93. The van der Waals surface area contributed by atoms with E-state index in [4.69, 9.17) is 0 Å². The molecule has 0 saturated carbocycles. The van der Waals surface area contributed by atoms with Crippen LogP contribution in [0.25, 0.3) is 0 Å². The molecule has 148 valence electrons. The van der Waals surface area contributed by atoms with E-state index in [9.17, 15) is 37.3 Å². The Morgan fingerprint density at radius 3 is 2.36 bits per heavy atom. The van der Waals surface area contributed by atoms with Gasteiger partial charge in [0.25, 0.3) is 11.6 Å². The van der Waals surface area contributed by atoms with Gasteiger partial charge in [-0.25, -0.2) is 9.18 Å². The van der Waals surface area contributed by atoms with Crippen LogP contribution in [0.2, 0.25) is 0 Å². The van der Waals surface area contributed by atoms with Gasteiger partial charge >= 0.3 is 11.5 Å². The van der Waals surface area contributed by atoms with Crippen LogP contribution in [-0.2, 0) is 9.53 Å². The third-order valence-electron chi connectivity index (χ3n) is 3.09. The molecular formula is C16H10F4N2O5S. The first-order valence-corrected chi connectivity index (χ1v) is 8.13. The normalized spacial score (nSPS) is 11.0. The number of alkyl halides is 3. The summed E-state index contributed by atoms with van der Waals surface area (Å²) < 4.78 is 55.0. The lowest BCUT2D eigenvalue weighted by molar-refractivity contribution is -0.384. The van der Waals surface area contributed by atoms with E-state index in [1.54, 1.807) is 0 Å². The maximum Gasteiger partial charge on any atom is 0.446 e. The van der Waals surface area contributed by atoms with Crippen LogP contribution >= 0.6 is 11.8 Å². The van der Waals surface area contributed by atoms with Gasteiger partial charge in [-0.2, -0.15) is 13.2 Å². The molecule has 2 aromatic rings. The summed E-state index contributed by atoms with van der Waals surface area (Å²) in [5, 5.41) is 12.7. The van der Waals surface area contributed by atoms with Crippen molar-refractivity contribution in [1.29, 1.82) is 0 Å². The smallest absolute Gasteiger partial charge is 0.446 e. The molecule has 0 saturated heterocycles. The lowest BCUT2D eigenvalue weighted by atomic mass is 10.2. The van der Waals surface area contributed by atoms with E-state index < -0.39 is 46.1 Å². The van der Waals surface area contributed by atoms with Gasteiger partial charge < -0.3 is 10.1 Å². The molecule has 0 unspecified atom stereocenters. The topological polar surface area (TPSA) is 98.5 Å². The summed E-state index contributed by atoms with van der Waals surface area (Å²) in [6, 6.07) is 6.81. The number of thioether (sulfide) groups is 1. The van der Waals surface area contributed by atoms with E-state index >= 15 is 0 Å². The molecule has 1 N–H and O–H groups in total. The van der Waals surface area contributed by atoms with E-state index in [2.05, 4.69) is 4.74 Å². The molecule has 0 spiro atoms. The molecule has 2 rings (SSSR count). The number of amides is 1. The highest BCUT2D eigenvalue weighted by Crippen LogP contribution is 2.36. The summed E-state index contributed by atoms with van der Waals surface area (Å²) in [6.07, 6.45) is 0. The second kappa shape index (κ2) is 8.69. The minimum absolute atomic E-state index is 0.0964. The third-order valence-corrected chi connectivity index (χ3v) is 3.83. The molecule has 28 heavy (non-hydrogen) atoms. The van der Waals surface area contributed by atoms with Gasteiger partial charge in [0.15, 0.2) is 6.61 Å². The van der Waals surface area contributed by atoms with E-state index in [1.807, 2.05) is 5.32 Å². The number of nitrogens with one attached hydrogen (secondary N) is 1. The molecule has 0 aliphatic rings. The minimum Gasteiger partial charge on any atom is -0.452 e. The van der Waals surface area contributed by atoms with E-state index in [1.165, 1.54) is 0 Å². The van der Waals surface area contributed by atoms with Gasteiger partial charge in [-0.3, -0.25) is 14.9 Å². The van der Waals surface area contributed by atoms with E-state index in [-0.39, 0.29) is 22.2 Å². The predicted molar refractivity (Wildman–Crippen MR) is 90.3 cm³/mol. The van der Waals surface area contributed by atoms with Crippen LogP contribution in [0.4, 0.5) is 28.9 Å². The highest BCUT2D eigenvalue weighted by molar-refractivity contribution is 8.00. The molecule has 7 nitrogen and oxygen atoms in total. The van der Waals surface area contributed by atoms with Crippen LogP contribution in [0.1, 0.15) is 10.4 Å². The minimum atomic E-state index is -4.47. The van der Waals surface area contributed by atoms with Crippen molar-refractivity contribution in [2.24, 2.45) is 0 Å². The third kappa shape index (κ3) is 6.23. The molecule has 0 fully saturated rings. The summed E-state index contributed by atoms with van der Waals surface area (Å²) in [4.78, 5) is 33.3. The first-order chi connectivity index (χ1) is 13.0. The Hall–Kier alpha value is -3.15. The monoisotopic (exact) mass is 418 g/mol. The van der Waals surface area contributed by atoms with Crippen molar-refractivity contribution in [2.75, 3.05) is 11.9 Å². The van der Waals surface area contributed by atoms with Gasteiger partial charge in [-0.1, -0.05) is 0 Å². The van der Waals surface area contributed by atoms with Crippen LogP contribution < -0.4 is 5.32 Å². The number of rotatable bonds is 6. The van der Waals surface area contributed by atoms with Crippen molar-refractivity contribution in [1.82, 2.24) is 0 Å². The highest BCUT2D eigenvalue weighted by atomic mass is 32.2. The number of carbonyl (C=O) groups is 2. The predicted octanol–water partition coefficient (Wildman–Crippen LogP) is 4.14. The first kappa shape index (κ1) is 21.2. The Morgan fingerprint density at radius 1 is 1.14 bits per heavy atom. The molecule has 0 heterocycles. The number of hydrogen-bond acceptors (Lipinski definition) is 6. The fourth-order valence-corrected chi connectivity index (χ4v) is 2.46. The Morgan fingerprint density at radius 2 is 1.79 bits per heavy atom. The van der Waals surface area contributed by atoms with Crippen molar-refractivity contribution in [3.63, 3.8) is 0 Å². The van der Waals surface area contributed by atoms with Crippen molar-refractivity contribution in [3.8, 4) is 0 Å². The first-order valence-electron chi connectivity index (χ1n) is 7.32. The van der Waals surface area contributed by atoms with Crippen LogP contribution in [0.3, 0.4) is 0 Å².